The van der Waals surface area contributed by atoms with E-state index in [0.29, 0.717) is 6.61 Å². The Balaban J connectivity index is 2.28. The van der Waals surface area contributed by atoms with E-state index in [4.69, 9.17) is 4.74 Å². The molecule has 1 unspecified atom stereocenters. The van der Waals surface area contributed by atoms with Crippen molar-refractivity contribution in [3.05, 3.63) is 0 Å². The molecule has 0 aliphatic carbocycles. The van der Waals surface area contributed by atoms with E-state index in [2.05, 4.69) is 12.2 Å². The van der Waals surface area contributed by atoms with Crippen LogP contribution in [0.1, 0.15) is 19.8 Å². The molecule has 1 aliphatic rings. The molecule has 1 rings (SSSR count). The summed E-state index contributed by atoms with van der Waals surface area (Å²) in [5, 5.41) is 3.26. The lowest BCUT2D eigenvalue weighted by atomic mass is 10.2. The van der Waals surface area contributed by atoms with E-state index in [9.17, 15) is 4.79 Å². The lowest BCUT2D eigenvalue weighted by Gasteiger charge is -2.16. The maximum Gasteiger partial charge on any atom is 0.239 e. The Labute approximate surface area is 85.6 Å². The van der Waals surface area contributed by atoms with Crippen molar-refractivity contribution in [2.45, 2.75) is 25.8 Å². The van der Waals surface area contributed by atoms with Crippen molar-refractivity contribution in [1.82, 2.24) is 10.2 Å². The van der Waals surface area contributed by atoms with Crippen molar-refractivity contribution in [2.75, 3.05) is 33.4 Å². The molecule has 0 aromatic heterocycles. The standard InChI is InChI=1S/C10H20N2O2/c1-3-5-11-9-4-6-12(10(9)13)7-8-14-2/h9,11H,3-8H2,1-2H3. The first-order chi connectivity index (χ1) is 6.79. The normalized spacial score (nSPS) is 22.0. The number of nitrogens with one attached hydrogen (secondary N) is 1. The topological polar surface area (TPSA) is 41.6 Å². The first-order valence-corrected chi connectivity index (χ1v) is 5.30. The third-order valence-electron chi connectivity index (χ3n) is 2.50. The van der Waals surface area contributed by atoms with Crippen LogP contribution in [0.15, 0.2) is 0 Å². The summed E-state index contributed by atoms with van der Waals surface area (Å²) in [7, 11) is 1.66. The molecule has 14 heavy (non-hydrogen) atoms. The molecule has 0 aromatic carbocycles. The molecule has 82 valence electrons. The summed E-state index contributed by atoms with van der Waals surface area (Å²) >= 11 is 0. The number of hydrogen-bond acceptors (Lipinski definition) is 3. The van der Waals surface area contributed by atoms with Gasteiger partial charge in [0.25, 0.3) is 0 Å². The van der Waals surface area contributed by atoms with Gasteiger partial charge in [-0.05, 0) is 19.4 Å². The van der Waals surface area contributed by atoms with Crippen LogP contribution in [-0.4, -0.2) is 50.2 Å². The zero-order valence-corrected chi connectivity index (χ0v) is 9.08. The molecule has 4 heteroatoms. The highest BCUT2D eigenvalue weighted by atomic mass is 16.5. The number of likely N-dealkylation sites (tertiary alicyclic amines) is 1. The van der Waals surface area contributed by atoms with E-state index in [1.54, 1.807) is 7.11 Å². The molecule has 0 saturated carbocycles. The van der Waals surface area contributed by atoms with Crippen molar-refractivity contribution in [1.29, 1.82) is 0 Å². The molecule has 1 atom stereocenters. The third kappa shape index (κ3) is 2.96. The van der Waals surface area contributed by atoms with E-state index < -0.39 is 0 Å². The molecule has 0 radical (unpaired) electrons. The number of carbonyl (C=O) groups excluding carboxylic acids is 1. The average molecular weight is 200 g/mol. The van der Waals surface area contributed by atoms with Gasteiger partial charge in [-0.3, -0.25) is 4.79 Å². The predicted molar refractivity (Wildman–Crippen MR) is 55.2 cm³/mol. The van der Waals surface area contributed by atoms with Gasteiger partial charge in [-0.2, -0.15) is 0 Å². The summed E-state index contributed by atoms with van der Waals surface area (Å²) in [5.74, 6) is 0.232. The maximum atomic E-state index is 11.7. The molecule has 1 N–H and O–H groups in total. The number of methoxy groups -OCH3 is 1. The molecule has 0 spiro atoms. The maximum absolute atomic E-state index is 11.7. The number of carbonyl (C=O) groups is 1. The Morgan fingerprint density at radius 2 is 2.43 bits per heavy atom. The Kier molecular flexibility index (Phi) is 4.90. The summed E-state index contributed by atoms with van der Waals surface area (Å²) in [6.45, 7) is 5.25. The number of ether oxygens (including phenoxy) is 1. The van der Waals surface area contributed by atoms with Crippen LogP contribution in [0, 0.1) is 0 Å². The Morgan fingerprint density at radius 3 is 3.07 bits per heavy atom. The SMILES string of the molecule is CCCNC1CCN(CCOC)C1=O. The molecule has 1 fully saturated rings. The van der Waals surface area contributed by atoms with Gasteiger partial charge in [0, 0.05) is 20.2 Å². The van der Waals surface area contributed by atoms with Crippen LogP contribution in [0.4, 0.5) is 0 Å². The average Bonchev–Trinajstić information content (AvgIpc) is 2.54. The van der Waals surface area contributed by atoms with E-state index in [1.807, 2.05) is 4.90 Å². The molecular formula is C10H20N2O2. The second-order valence-corrected chi connectivity index (χ2v) is 3.61. The number of nitrogens with zero attached hydrogens (tertiary/aromatic N) is 1. The van der Waals surface area contributed by atoms with Crippen LogP contribution < -0.4 is 5.32 Å². The van der Waals surface area contributed by atoms with E-state index in [-0.39, 0.29) is 11.9 Å². The smallest absolute Gasteiger partial charge is 0.239 e. The van der Waals surface area contributed by atoms with Crippen LogP contribution >= 0.6 is 0 Å². The minimum atomic E-state index is 0.0480. The number of amides is 1. The van der Waals surface area contributed by atoms with Gasteiger partial charge >= 0.3 is 0 Å². The quantitative estimate of drug-likeness (QED) is 0.667. The minimum absolute atomic E-state index is 0.0480. The van der Waals surface area contributed by atoms with Gasteiger partial charge in [0.15, 0.2) is 0 Å². The molecule has 4 nitrogen and oxygen atoms in total. The highest BCUT2D eigenvalue weighted by Crippen LogP contribution is 2.10. The van der Waals surface area contributed by atoms with Crippen LogP contribution in [0.3, 0.4) is 0 Å². The second-order valence-electron chi connectivity index (χ2n) is 3.61. The fourth-order valence-corrected chi connectivity index (χ4v) is 1.67. The highest BCUT2D eigenvalue weighted by Gasteiger charge is 2.30. The number of rotatable bonds is 6. The molecule has 1 saturated heterocycles. The first kappa shape index (κ1) is 11.5. The van der Waals surface area contributed by atoms with Crippen molar-refractivity contribution in [3.63, 3.8) is 0 Å². The van der Waals surface area contributed by atoms with E-state index in [1.165, 1.54) is 0 Å². The summed E-state index contributed by atoms with van der Waals surface area (Å²) in [6, 6.07) is 0.0480. The van der Waals surface area contributed by atoms with Gasteiger partial charge in [0.05, 0.1) is 12.6 Å². The molecule has 1 aliphatic heterocycles. The monoisotopic (exact) mass is 200 g/mol. The summed E-state index contributed by atoms with van der Waals surface area (Å²) in [6.07, 6.45) is 2.00. The van der Waals surface area contributed by atoms with Crippen molar-refractivity contribution < 1.29 is 9.53 Å². The zero-order chi connectivity index (χ0) is 10.4. The largest absolute Gasteiger partial charge is 0.383 e. The van der Waals surface area contributed by atoms with Crippen molar-refractivity contribution in [2.24, 2.45) is 0 Å². The Morgan fingerprint density at radius 1 is 1.64 bits per heavy atom. The minimum Gasteiger partial charge on any atom is -0.383 e. The fraction of sp³-hybridized carbons (Fsp3) is 0.900. The molecular weight excluding hydrogens is 180 g/mol. The highest BCUT2D eigenvalue weighted by molar-refractivity contribution is 5.83. The van der Waals surface area contributed by atoms with Crippen LogP contribution in [0.25, 0.3) is 0 Å². The Hall–Kier alpha value is -0.610. The van der Waals surface area contributed by atoms with Gasteiger partial charge in [0.2, 0.25) is 5.91 Å². The molecule has 1 heterocycles. The van der Waals surface area contributed by atoms with Crippen LogP contribution in [0.2, 0.25) is 0 Å². The third-order valence-corrected chi connectivity index (χ3v) is 2.50. The van der Waals surface area contributed by atoms with E-state index >= 15 is 0 Å². The lowest BCUT2D eigenvalue weighted by Crippen LogP contribution is -2.39. The summed E-state index contributed by atoms with van der Waals surface area (Å²) in [5.41, 5.74) is 0. The molecule has 1 amide bonds. The van der Waals surface area contributed by atoms with Gasteiger partial charge in [0.1, 0.15) is 0 Å². The van der Waals surface area contributed by atoms with Gasteiger partial charge in [-0.15, -0.1) is 0 Å². The number of hydrogen-bond donors (Lipinski definition) is 1. The summed E-state index contributed by atoms with van der Waals surface area (Å²) < 4.78 is 4.95. The Bertz CT molecular complexity index is 167. The van der Waals surface area contributed by atoms with E-state index in [0.717, 1.165) is 32.5 Å². The van der Waals surface area contributed by atoms with Gasteiger partial charge in [-0.25, -0.2) is 0 Å². The predicted octanol–water partition coefficient (Wildman–Crippen LogP) is 0.233. The fourth-order valence-electron chi connectivity index (χ4n) is 1.67. The lowest BCUT2D eigenvalue weighted by molar-refractivity contribution is -0.129. The second kappa shape index (κ2) is 5.98. The first-order valence-electron chi connectivity index (χ1n) is 5.30. The van der Waals surface area contributed by atoms with Crippen LogP contribution in [0.5, 0.6) is 0 Å². The van der Waals surface area contributed by atoms with Crippen LogP contribution in [-0.2, 0) is 9.53 Å². The summed E-state index contributed by atoms with van der Waals surface area (Å²) in [4.78, 5) is 13.6. The van der Waals surface area contributed by atoms with Gasteiger partial charge < -0.3 is 15.0 Å². The van der Waals surface area contributed by atoms with Crippen molar-refractivity contribution in [3.8, 4) is 0 Å². The van der Waals surface area contributed by atoms with Gasteiger partial charge in [-0.1, -0.05) is 6.92 Å². The molecule has 0 bridgehead atoms. The van der Waals surface area contributed by atoms with Crippen molar-refractivity contribution >= 4 is 5.91 Å². The zero-order valence-electron chi connectivity index (χ0n) is 9.08. The molecule has 0 aromatic rings.